The van der Waals surface area contributed by atoms with Crippen LogP contribution in [0.5, 0.6) is 0 Å². The van der Waals surface area contributed by atoms with Crippen molar-refractivity contribution in [1.29, 1.82) is 0 Å². The second-order valence-electron chi connectivity index (χ2n) is 4.71. The maximum absolute atomic E-state index is 11.8. The van der Waals surface area contributed by atoms with Crippen LogP contribution in [0.2, 0.25) is 0 Å². The van der Waals surface area contributed by atoms with E-state index in [-0.39, 0.29) is 12.5 Å². The van der Waals surface area contributed by atoms with E-state index in [1.807, 2.05) is 60.7 Å². The molecule has 3 aromatic rings. The first kappa shape index (κ1) is 14.6. The quantitative estimate of drug-likeness (QED) is 0.571. The fraction of sp³-hybridized carbons (Fsp3) is 0.0625. The Labute approximate surface area is 132 Å². The first-order valence-corrected chi connectivity index (χ1v) is 7.01. The molecule has 0 aliphatic rings. The molecule has 0 fully saturated rings. The standard InChI is InChI=1S/C16H14N6O/c23-15(18-17-11-13-7-3-1-4-8-13)12-22-20-16(19-21-22)14-9-5-2-6-10-14/h1-11H,12H2,(H,18,23)/b17-11+. The van der Waals surface area contributed by atoms with Gasteiger partial charge in [0.05, 0.1) is 6.21 Å². The molecule has 0 atom stereocenters. The minimum absolute atomic E-state index is 0.0496. The zero-order valence-electron chi connectivity index (χ0n) is 12.2. The number of hydrogen-bond donors (Lipinski definition) is 1. The number of benzene rings is 2. The molecule has 7 heteroatoms. The van der Waals surface area contributed by atoms with Crippen LogP contribution in [0.25, 0.3) is 11.4 Å². The molecule has 0 unspecified atom stereocenters. The van der Waals surface area contributed by atoms with Gasteiger partial charge in [0.1, 0.15) is 6.54 Å². The smallest absolute Gasteiger partial charge is 0.263 e. The van der Waals surface area contributed by atoms with Gasteiger partial charge in [0, 0.05) is 5.56 Å². The van der Waals surface area contributed by atoms with Crippen molar-refractivity contribution in [2.24, 2.45) is 5.10 Å². The maximum Gasteiger partial charge on any atom is 0.263 e. The first-order valence-electron chi connectivity index (χ1n) is 7.01. The predicted octanol–water partition coefficient (Wildman–Crippen LogP) is 1.49. The Balaban J connectivity index is 1.56. The number of tetrazole rings is 1. The Hall–Kier alpha value is -3.35. The van der Waals surface area contributed by atoms with Gasteiger partial charge in [-0.2, -0.15) is 9.90 Å². The highest BCUT2D eigenvalue weighted by molar-refractivity contribution is 5.82. The topological polar surface area (TPSA) is 85.1 Å². The second kappa shape index (κ2) is 7.08. The lowest BCUT2D eigenvalue weighted by Gasteiger charge is -1.98. The van der Waals surface area contributed by atoms with Crippen molar-refractivity contribution in [3.05, 3.63) is 66.2 Å². The highest BCUT2D eigenvalue weighted by atomic mass is 16.2. The molecule has 1 amide bonds. The lowest BCUT2D eigenvalue weighted by atomic mass is 10.2. The number of amides is 1. The van der Waals surface area contributed by atoms with Crippen molar-refractivity contribution in [1.82, 2.24) is 25.6 Å². The summed E-state index contributed by atoms with van der Waals surface area (Å²) < 4.78 is 0. The highest BCUT2D eigenvalue weighted by Crippen LogP contribution is 2.11. The molecule has 1 N–H and O–H groups in total. The molecule has 0 aliphatic heterocycles. The van der Waals surface area contributed by atoms with Gasteiger partial charge < -0.3 is 0 Å². The van der Waals surface area contributed by atoms with E-state index in [4.69, 9.17) is 0 Å². The third-order valence-electron chi connectivity index (χ3n) is 2.97. The average molecular weight is 306 g/mol. The molecule has 114 valence electrons. The van der Waals surface area contributed by atoms with Crippen LogP contribution in [0.4, 0.5) is 0 Å². The normalized spacial score (nSPS) is 10.8. The third kappa shape index (κ3) is 4.07. The molecule has 0 spiro atoms. The van der Waals surface area contributed by atoms with Crippen molar-refractivity contribution in [2.75, 3.05) is 0 Å². The van der Waals surface area contributed by atoms with Crippen molar-refractivity contribution in [2.45, 2.75) is 6.54 Å². The van der Waals surface area contributed by atoms with Crippen LogP contribution in [0.3, 0.4) is 0 Å². The SMILES string of the molecule is O=C(Cn1nnc(-c2ccccc2)n1)N/N=C/c1ccccc1. The minimum atomic E-state index is -0.325. The van der Waals surface area contributed by atoms with Gasteiger partial charge in [-0.15, -0.1) is 10.2 Å². The van der Waals surface area contributed by atoms with E-state index in [0.717, 1.165) is 11.1 Å². The Kier molecular flexibility index (Phi) is 4.49. The van der Waals surface area contributed by atoms with Crippen LogP contribution < -0.4 is 5.43 Å². The molecule has 1 heterocycles. The van der Waals surface area contributed by atoms with Gasteiger partial charge in [-0.05, 0) is 10.8 Å². The van der Waals surface area contributed by atoms with Gasteiger partial charge in [-0.25, -0.2) is 5.43 Å². The van der Waals surface area contributed by atoms with Crippen molar-refractivity contribution < 1.29 is 4.79 Å². The van der Waals surface area contributed by atoms with Gasteiger partial charge in [0.25, 0.3) is 5.91 Å². The molecular weight excluding hydrogens is 292 g/mol. The van der Waals surface area contributed by atoms with Crippen molar-refractivity contribution in [3.8, 4) is 11.4 Å². The second-order valence-corrected chi connectivity index (χ2v) is 4.71. The van der Waals surface area contributed by atoms with Crippen molar-refractivity contribution >= 4 is 12.1 Å². The van der Waals surface area contributed by atoms with Crippen LogP contribution in [0.1, 0.15) is 5.56 Å². The molecule has 0 aliphatic carbocycles. The van der Waals surface area contributed by atoms with E-state index in [0.29, 0.717) is 5.82 Å². The molecule has 3 rings (SSSR count). The number of aromatic nitrogens is 4. The van der Waals surface area contributed by atoms with Gasteiger partial charge in [0.2, 0.25) is 5.82 Å². The fourth-order valence-electron chi connectivity index (χ4n) is 1.89. The Morgan fingerprint density at radius 2 is 1.78 bits per heavy atom. The summed E-state index contributed by atoms with van der Waals surface area (Å²) in [4.78, 5) is 13.0. The summed E-state index contributed by atoms with van der Waals surface area (Å²) in [5, 5.41) is 15.8. The average Bonchev–Trinajstić information content (AvgIpc) is 3.05. The Morgan fingerprint density at radius 1 is 1.09 bits per heavy atom. The summed E-state index contributed by atoms with van der Waals surface area (Å²) in [5.41, 5.74) is 4.18. The van der Waals surface area contributed by atoms with E-state index in [9.17, 15) is 4.79 Å². The van der Waals surface area contributed by atoms with Crippen LogP contribution in [-0.2, 0) is 11.3 Å². The molecule has 7 nitrogen and oxygen atoms in total. The molecule has 0 saturated heterocycles. The van der Waals surface area contributed by atoms with Gasteiger partial charge in [0.15, 0.2) is 0 Å². The van der Waals surface area contributed by atoms with Gasteiger partial charge >= 0.3 is 0 Å². The first-order chi connectivity index (χ1) is 11.3. The molecule has 1 aromatic heterocycles. The Morgan fingerprint density at radius 3 is 2.52 bits per heavy atom. The molecule has 23 heavy (non-hydrogen) atoms. The fourth-order valence-corrected chi connectivity index (χ4v) is 1.89. The number of carbonyl (C=O) groups is 1. The van der Waals surface area contributed by atoms with Gasteiger partial charge in [-0.1, -0.05) is 60.7 Å². The van der Waals surface area contributed by atoms with Crippen LogP contribution in [-0.4, -0.2) is 32.3 Å². The molecule has 0 radical (unpaired) electrons. The molecule has 2 aromatic carbocycles. The zero-order valence-corrected chi connectivity index (χ0v) is 12.2. The number of carbonyl (C=O) groups excluding carboxylic acids is 1. The summed E-state index contributed by atoms with van der Waals surface area (Å²) in [6, 6.07) is 18.9. The molecule has 0 saturated carbocycles. The summed E-state index contributed by atoms with van der Waals surface area (Å²) in [7, 11) is 0. The maximum atomic E-state index is 11.8. The van der Waals surface area contributed by atoms with Crippen LogP contribution in [0.15, 0.2) is 65.8 Å². The predicted molar refractivity (Wildman–Crippen MR) is 85.4 cm³/mol. The molecule has 0 bridgehead atoms. The summed E-state index contributed by atoms with van der Waals surface area (Å²) in [6.07, 6.45) is 1.57. The molecular formula is C16H14N6O. The number of hydrazone groups is 1. The van der Waals surface area contributed by atoms with Crippen LogP contribution in [0, 0.1) is 0 Å². The summed E-state index contributed by atoms with van der Waals surface area (Å²) >= 11 is 0. The summed E-state index contributed by atoms with van der Waals surface area (Å²) in [6.45, 7) is -0.0496. The number of hydrogen-bond acceptors (Lipinski definition) is 5. The monoisotopic (exact) mass is 306 g/mol. The van der Waals surface area contributed by atoms with Crippen LogP contribution >= 0.6 is 0 Å². The van der Waals surface area contributed by atoms with E-state index in [2.05, 4.69) is 25.9 Å². The minimum Gasteiger partial charge on any atom is -0.271 e. The highest BCUT2D eigenvalue weighted by Gasteiger charge is 2.08. The lowest BCUT2D eigenvalue weighted by Crippen LogP contribution is -2.24. The van der Waals surface area contributed by atoms with E-state index in [1.54, 1.807) is 6.21 Å². The Bertz CT molecular complexity index is 798. The number of nitrogens with one attached hydrogen (secondary N) is 1. The third-order valence-corrected chi connectivity index (χ3v) is 2.97. The van der Waals surface area contributed by atoms with E-state index >= 15 is 0 Å². The summed E-state index contributed by atoms with van der Waals surface area (Å²) in [5.74, 6) is 0.153. The number of nitrogens with zero attached hydrogens (tertiary/aromatic N) is 5. The lowest BCUT2D eigenvalue weighted by molar-refractivity contribution is -0.122. The zero-order chi connectivity index (χ0) is 15.9. The van der Waals surface area contributed by atoms with Gasteiger partial charge in [-0.3, -0.25) is 4.79 Å². The number of rotatable bonds is 5. The van der Waals surface area contributed by atoms with E-state index < -0.39 is 0 Å². The van der Waals surface area contributed by atoms with Crippen molar-refractivity contribution in [3.63, 3.8) is 0 Å². The largest absolute Gasteiger partial charge is 0.271 e. The van der Waals surface area contributed by atoms with E-state index in [1.165, 1.54) is 4.80 Å².